The van der Waals surface area contributed by atoms with Crippen molar-refractivity contribution in [2.45, 2.75) is 32.5 Å². The van der Waals surface area contributed by atoms with Crippen molar-refractivity contribution in [3.63, 3.8) is 0 Å². The number of halogens is 1. The smallest absolute Gasteiger partial charge is 0.344 e. The number of amides is 1. The Balaban J connectivity index is 1.15. The Morgan fingerprint density at radius 2 is 2.00 bits per heavy atom. The molecule has 1 amide bonds. The molecule has 2 aromatic heterocycles. The quantitative estimate of drug-likeness (QED) is 0.502. The van der Waals surface area contributed by atoms with Crippen molar-refractivity contribution in [2.24, 2.45) is 11.8 Å². The molecule has 0 spiro atoms. The molecule has 2 fully saturated rings. The lowest BCUT2D eigenvalue weighted by Crippen LogP contribution is -2.34. The minimum absolute atomic E-state index is 0.144. The van der Waals surface area contributed by atoms with Crippen molar-refractivity contribution in [1.82, 2.24) is 19.7 Å². The first-order chi connectivity index (χ1) is 15.5. The van der Waals surface area contributed by atoms with Crippen LogP contribution in [0.2, 0.25) is 5.02 Å². The number of carbonyl (C=O) groups excluding carboxylic acids is 2. The third-order valence-electron chi connectivity index (χ3n) is 6.30. The zero-order valence-corrected chi connectivity index (χ0v) is 19.2. The van der Waals surface area contributed by atoms with Crippen LogP contribution in [0.3, 0.4) is 0 Å². The van der Waals surface area contributed by atoms with E-state index in [0.29, 0.717) is 42.2 Å². The summed E-state index contributed by atoms with van der Waals surface area (Å²) in [6, 6.07) is 7.36. The van der Waals surface area contributed by atoms with E-state index >= 15 is 0 Å². The number of benzene rings is 1. The standard InChI is InChI=1S/C23H23ClN4O3S/c1-14(29)21-4-6-28(26-21)23(30)27-11-16-9-18(10-17(16)12-27)31-13-15-2-3-20(24)19(8-15)22-25-5-7-32-22/h2-8,16-18H,9-13H2,1H3/t16-,17+,18?. The molecule has 1 aromatic carbocycles. The number of ketones is 1. The second-order valence-electron chi connectivity index (χ2n) is 8.47. The van der Waals surface area contributed by atoms with E-state index in [1.165, 1.54) is 11.6 Å². The van der Waals surface area contributed by atoms with Gasteiger partial charge in [0.2, 0.25) is 0 Å². The van der Waals surface area contributed by atoms with Gasteiger partial charge in [0.15, 0.2) is 5.78 Å². The average molecular weight is 471 g/mol. The fraction of sp³-hybridized carbons (Fsp3) is 0.391. The number of likely N-dealkylation sites (tertiary alicyclic amines) is 1. The number of rotatable bonds is 5. The first kappa shape index (κ1) is 21.3. The minimum Gasteiger partial charge on any atom is -0.374 e. The molecule has 3 atom stereocenters. The predicted octanol–water partition coefficient (Wildman–Crippen LogP) is 4.76. The number of hydrogen-bond donors (Lipinski definition) is 0. The number of nitrogens with zero attached hydrogens (tertiary/aromatic N) is 4. The van der Waals surface area contributed by atoms with Crippen molar-refractivity contribution >= 4 is 34.8 Å². The van der Waals surface area contributed by atoms with Crippen LogP contribution >= 0.6 is 22.9 Å². The van der Waals surface area contributed by atoms with Crippen LogP contribution < -0.4 is 0 Å². The molecule has 166 valence electrons. The summed E-state index contributed by atoms with van der Waals surface area (Å²) in [5, 5.41) is 7.63. The molecule has 7 nitrogen and oxygen atoms in total. The maximum Gasteiger partial charge on any atom is 0.344 e. The van der Waals surface area contributed by atoms with Crippen molar-refractivity contribution in [2.75, 3.05) is 13.1 Å². The maximum atomic E-state index is 12.7. The number of thiazole rings is 1. The number of hydrogen-bond acceptors (Lipinski definition) is 6. The van der Waals surface area contributed by atoms with Crippen LogP contribution in [0, 0.1) is 11.8 Å². The van der Waals surface area contributed by atoms with Gasteiger partial charge in [-0.05, 0) is 48.4 Å². The fourth-order valence-corrected chi connectivity index (χ4v) is 5.63. The highest BCUT2D eigenvalue weighted by Crippen LogP contribution is 2.40. The zero-order chi connectivity index (χ0) is 22.2. The van der Waals surface area contributed by atoms with Crippen LogP contribution in [0.15, 0.2) is 42.0 Å². The lowest BCUT2D eigenvalue weighted by atomic mass is 10.0. The molecular weight excluding hydrogens is 448 g/mol. The highest BCUT2D eigenvalue weighted by atomic mass is 35.5. The third kappa shape index (κ3) is 4.22. The topological polar surface area (TPSA) is 77.3 Å². The van der Waals surface area contributed by atoms with Crippen LogP contribution in [0.1, 0.15) is 35.8 Å². The molecule has 0 N–H and O–H groups in total. The van der Waals surface area contributed by atoms with E-state index in [2.05, 4.69) is 16.1 Å². The number of ether oxygens (including phenoxy) is 1. The Bertz CT molecular complexity index is 1130. The minimum atomic E-state index is -0.166. The molecule has 1 aliphatic carbocycles. The Morgan fingerprint density at radius 3 is 2.66 bits per heavy atom. The van der Waals surface area contributed by atoms with E-state index in [9.17, 15) is 9.59 Å². The van der Waals surface area contributed by atoms with Crippen molar-refractivity contribution < 1.29 is 14.3 Å². The summed E-state index contributed by atoms with van der Waals surface area (Å²) in [6.07, 6.45) is 5.42. The normalized spacial score (nSPS) is 22.3. The first-order valence-electron chi connectivity index (χ1n) is 10.6. The predicted molar refractivity (Wildman–Crippen MR) is 122 cm³/mol. The van der Waals surface area contributed by atoms with E-state index in [1.807, 2.05) is 22.4 Å². The van der Waals surface area contributed by atoms with E-state index in [1.54, 1.807) is 29.8 Å². The molecule has 3 heterocycles. The van der Waals surface area contributed by atoms with E-state index < -0.39 is 0 Å². The van der Waals surface area contributed by atoms with E-state index in [0.717, 1.165) is 29.0 Å². The number of fused-ring (bicyclic) bond motifs is 1. The average Bonchev–Trinajstić information content (AvgIpc) is 3.56. The monoisotopic (exact) mass is 470 g/mol. The largest absolute Gasteiger partial charge is 0.374 e. The highest BCUT2D eigenvalue weighted by molar-refractivity contribution is 7.13. The summed E-state index contributed by atoms with van der Waals surface area (Å²) in [6.45, 7) is 3.38. The molecule has 0 bridgehead atoms. The summed E-state index contributed by atoms with van der Waals surface area (Å²) in [5.74, 6) is 0.722. The van der Waals surface area contributed by atoms with Crippen LogP contribution in [0.4, 0.5) is 4.79 Å². The zero-order valence-electron chi connectivity index (χ0n) is 17.6. The van der Waals surface area contributed by atoms with Crippen LogP contribution in [0.5, 0.6) is 0 Å². The van der Waals surface area contributed by atoms with Crippen LogP contribution in [-0.4, -0.2) is 50.7 Å². The summed E-state index contributed by atoms with van der Waals surface area (Å²) in [4.78, 5) is 30.4. The lowest BCUT2D eigenvalue weighted by Gasteiger charge is -2.19. The third-order valence-corrected chi connectivity index (χ3v) is 7.44. The molecule has 1 saturated carbocycles. The maximum absolute atomic E-state index is 12.7. The second-order valence-corrected chi connectivity index (χ2v) is 9.77. The van der Waals surface area contributed by atoms with E-state index in [-0.39, 0.29) is 17.9 Å². The molecule has 32 heavy (non-hydrogen) atoms. The van der Waals surface area contributed by atoms with Gasteiger partial charge in [-0.3, -0.25) is 4.79 Å². The highest BCUT2D eigenvalue weighted by Gasteiger charge is 2.43. The Kier molecular flexibility index (Phi) is 5.84. The molecule has 5 rings (SSSR count). The summed E-state index contributed by atoms with van der Waals surface area (Å²) in [5.41, 5.74) is 2.33. The molecule has 9 heteroatoms. The fourth-order valence-electron chi connectivity index (χ4n) is 4.70. The summed E-state index contributed by atoms with van der Waals surface area (Å²) in [7, 11) is 0. The van der Waals surface area contributed by atoms with Gasteiger partial charge in [-0.25, -0.2) is 9.78 Å². The lowest BCUT2D eigenvalue weighted by molar-refractivity contribution is 0.0383. The van der Waals surface area contributed by atoms with Gasteiger partial charge in [0.1, 0.15) is 10.7 Å². The summed E-state index contributed by atoms with van der Waals surface area (Å²) >= 11 is 7.92. The molecule has 2 aliphatic rings. The van der Waals surface area contributed by atoms with Gasteiger partial charge in [0, 0.05) is 43.4 Å². The molecule has 0 radical (unpaired) electrons. The van der Waals surface area contributed by atoms with Gasteiger partial charge in [0.25, 0.3) is 0 Å². The second kappa shape index (κ2) is 8.77. The van der Waals surface area contributed by atoms with Crippen molar-refractivity contribution in [1.29, 1.82) is 0 Å². The number of carbonyl (C=O) groups is 2. The number of Topliss-reactive ketones (excluding diaryl/α,β-unsaturated/α-hetero) is 1. The van der Waals surface area contributed by atoms with Gasteiger partial charge >= 0.3 is 6.03 Å². The Labute approximate surface area is 195 Å². The van der Waals surface area contributed by atoms with Crippen molar-refractivity contribution in [3.8, 4) is 10.6 Å². The molecule has 1 aliphatic heterocycles. The van der Waals surface area contributed by atoms with Crippen molar-refractivity contribution in [3.05, 3.63) is 58.3 Å². The van der Waals surface area contributed by atoms with Gasteiger partial charge in [-0.15, -0.1) is 11.3 Å². The Hall–Kier alpha value is -2.55. The van der Waals surface area contributed by atoms with Gasteiger partial charge in [0.05, 0.1) is 17.7 Å². The first-order valence-corrected chi connectivity index (χ1v) is 11.9. The van der Waals surface area contributed by atoms with Gasteiger partial charge < -0.3 is 9.64 Å². The summed E-state index contributed by atoms with van der Waals surface area (Å²) < 4.78 is 7.50. The van der Waals surface area contributed by atoms with Crippen LogP contribution in [-0.2, 0) is 11.3 Å². The van der Waals surface area contributed by atoms with Gasteiger partial charge in [-0.2, -0.15) is 9.78 Å². The Morgan fingerprint density at radius 1 is 1.22 bits per heavy atom. The number of aromatic nitrogens is 3. The van der Waals surface area contributed by atoms with Gasteiger partial charge in [-0.1, -0.05) is 17.7 Å². The molecule has 1 saturated heterocycles. The molecular formula is C23H23ClN4O3S. The molecule has 3 aromatic rings. The SMILES string of the molecule is CC(=O)c1ccn(C(=O)N2C[C@H]3CC(OCc4ccc(Cl)c(-c5nccs5)c4)C[C@H]3C2)n1. The molecule has 1 unspecified atom stereocenters. The van der Waals surface area contributed by atoms with Crippen LogP contribution in [0.25, 0.3) is 10.6 Å². The van der Waals surface area contributed by atoms with E-state index in [4.69, 9.17) is 16.3 Å².